The van der Waals surface area contributed by atoms with Gasteiger partial charge in [0.15, 0.2) is 0 Å². The number of carbonyl (C=O) groups excluding carboxylic acids is 1. The van der Waals surface area contributed by atoms with Gasteiger partial charge in [-0.1, -0.05) is 19.4 Å². The van der Waals surface area contributed by atoms with Gasteiger partial charge in [0.25, 0.3) is 0 Å². The first kappa shape index (κ1) is 13.2. The zero-order chi connectivity index (χ0) is 12.0. The SMILES string of the molecule is CCCCN(CC)C(=O)C(N)c1cccs1. The largest absolute Gasteiger partial charge is 0.341 e. The van der Waals surface area contributed by atoms with Crippen LogP contribution in [0.15, 0.2) is 17.5 Å². The smallest absolute Gasteiger partial charge is 0.244 e. The molecule has 1 aromatic rings. The second-order valence-corrected chi connectivity index (χ2v) is 4.74. The minimum absolute atomic E-state index is 0.0402. The van der Waals surface area contributed by atoms with Gasteiger partial charge in [-0.2, -0.15) is 0 Å². The summed E-state index contributed by atoms with van der Waals surface area (Å²) < 4.78 is 0. The fourth-order valence-corrected chi connectivity index (χ4v) is 2.28. The Morgan fingerprint density at radius 1 is 1.56 bits per heavy atom. The number of nitrogens with two attached hydrogens (primary N) is 1. The van der Waals surface area contributed by atoms with E-state index < -0.39 is 6.04 Å². The summed E-state index contributed by atoms with van der Waals surface area (Å²) in [5, 5.41) is 1.95. The zero-order valence-electron chi connectivity index (χ0n) is 9.98. The molecule has 1 atom stereocenters. The number of carbonyl (C=O) groups is 1. The van der Waals surface area contributed by atoms with Crippen molar-refractivity contribution in [1.29, 1.82) is 0 Å². The first-order valence-corrected chi connectivity index (χ1v) is 6.66. The topological polar surface area (TPSA) is 46.3 Å². The van der Waals surface area contributed by atoms with Crippen LogP contribution < -0.4 is 5.73 Å². The summed E-state index contributed by atoms with van der Waals surface area (Å²) in [5.74, 6) is 0.0402. The molecule has 0 aliphatic carbocycles. The van der Waals surface area contributed by atoms with Gasteiger partial charge in [-0.15, -0.1) is 11.3 Å². The molecule has 0 aromatic carbocycles. The van der Waals surface area contributed by atoms with E-state index in [1.807, 2.05) is 29.3 Å². The number of nitrogens with zero attached hydrogens (tertiary/aromatic N) is 1. The van der Waals surface area contributed by atoms with Crippen molar-refractivity contribution >= 4 is 17.2 Å². The van der Waals surface area contributed by atoms with E-state index in [1.165, 1.54) is 11.3 Å². The molecule has 1 amide bonds. The molecular weight excluding hydrogens is 220 g/mol. The quantitative estimate of drug-likeness (QED) is 0.830. The lowest BCUT2D eigenvalue weighted by Crippen LogP contribution is -2.38. The van der Waals surface area contributed by atoms with E-state index >= 15 is 0 Å². The molecule has 4 heteroatoms. The third-order valence-corrected chi connectivity index (χ3v) is 3.55. The highest BCUT2D eigenvalue weighted by Crippen LogP contribution is 2.18. The van der Waals surface area contributed by atoms with Crippen LogP contribution in [0.4, 0.5) is 0 Å². The maximum atomic E-state index is 12.1. The van der Waals surface area contributed by atoms with Crippen LogP contribution in [0, 0.1) is 0 Å². The first-order valence-electron chi connectivity index (χ1n) is 5.78. The first-order chi connectivity index (χ1) is 7.70. The average molecular weight is 240 g/mol. The van der Waals surface area contributed by atoms with Crippen LogP contribution >= 0.6 is 11.3 Å². The lowest BCUT2D eigenvalue weighted by molar-refractivity contribution is -0.132. The molecule has 1 unspecified atom stereocenters. The fraction of sp³-hybridized carbons (Fsp3) is 0.583. The van der Waals surface area contributed by atoms with Crippen molar-refractivity contribution in [1.82, 2.24) is 4.90 Å². The van der Waals surface area contributed by atoms with Crippen molar-refractivity contribution in [3.8, 4) is 0 Å². The molecule has 0 bridgehead atoms. The van der Waals surface area contributed by atoms with Gasteiger partial charge < -0.3 is 10.6 Å². The normalized spacial score (nSPS) is 12.4. The van der Waals surface area contributed by atoms with Crippen LogP contribution in [0.3, 0.4) is 0 Å². The number of unbranched alkanes of at least 4 members (excludes halogenated alkanes) is 1. The molecular formula is C12H20N2OS. The molecule has 0 aliphatic heterocycles. The lowest BCUT2D eigenvalue weighted by atomic mass is 10.2. The molecule has 90 valence electrons. The molecule has 1 heterocycles. The summed E-state index contributed by atoms with van der Waals surface area (Å²) in [4.78, 5) is 14.9. The van der Waals surface area contributed by atoms with Crippen LogP contribution in [0.2, 0.25) is 0 Å². The Hall–Kier alpha value is -0.870. The molecule has 16 heavy (non-hydrogen) atoms. The number of thiophene rings is 1. The van der Waals surface area contributed by atoms with Crippen LogP contribution in [-0.2, 0) is 4.79 Å². The Bertz CT molecular complexity index is 311. The fourth-order valence-electron chi connectivity index (χ4n) is 1.56. The molecule has 1 rings (SSSR count). The van der Waals surface area contributed by atoms with Gasteiger partial charge in [-0.05, 0) is 24.8 Å². The Balaban J connectivity index is 2.60. The van der Waals surface area contributed by atoms with E-state index in [9.17, 15) is 4.79 Å². The van der Waals surface area contributed by atoms with Gasteiger partial charge in [0.2, 0.25) is 5.91 Å². The van der Waals surface area contributed by atoms with Crippen molar-refractivity contribution in [3.05, 3.63) is 22.4 Å². The maximum absolute atomic E-state index is 12.1. The van der Waals surface area contributed by atoms with E-state index in [4.69, 9.17) is 5.73 Å². The number of hydrogen-bond acceptors (Lipinski definition) is 3. The summed E-state index contributed by atoms with van der Waals surface area (Å²) in [6.45, 7) is 5.66. The van der Waals surface area contributed by atoms with Gasteiger partial charge in [-0.25, -0.2) is 0 Å². The number of amides is 1. The lowest BCUT2D eigenvalue weighted by Gasteiger charge is -2.23. The summed E-state index contributed by atoms with van der Waals surface area (Å²) in [6.07, 6.45) is 2.13. The van der Waals surface area contributed by atoms with Crippen molar-refractivity contribution in [2.45, 2.75) is 32.7 Å². The van der Waals surface area contributed by atoms with E-state index in [-0.39, 0.29) is 5.91 Å². The second kappa shape index (κ2) is 6.66. The number of likely N-dealkylation sites (N-methyl/N-ethyl adjacent to an activating group) is 1. The summed E-state index contributed by atoms with van der Waals surface area (Å²) >= 11 is 1.54. The van der Waals surface area contributed by atoms with Gasteiger partial charge in [-0.3, -0.25) is 4.79 Å². The van der Waals surface area contributed by atoms with Crippen LogP contribution in [0.5, 0.6) is 0 Å². The standard InChI is InChI=1S/C12H20N2OS/c1-3-5-8-14(4-2)12(15)11(13)10-7-6-9-16-10/h6-7,9,11H,3-5,8,13H2,1-2H3. The minimum atomic E-state index is -0.489. The van der Waals surface area contributed by atoms with Crippen molar-refractivity contribution in [2.24, 2.45) is 5.73 Å². The highest BCUT2D eigenvalue weighted by molar-refractivity contribution is 7.10. The monoisotopic (exact) mass is 240 g/mol. The molecule has 2 N–H and O–H groups in total. The molecule has 0 radical (unpaired) electrons. The summed E-state index contributed by atoms with van der Waals surface area (Å²) in [6, 6.07) is 3.35. The zero-order valence-corrected chi connectivity index (χ0v) is 10.8. The van der Waals surface area contributed by atoms with Gasteiger partial charge in [0.05, 0.1) is 0 Å². The molecule has 0 saturated heterocycles. The Morgan fingerprint density at radius 3 is 2.81 bits per heavy atom. The van der Waals surface area contributed by atoms with Crippen LogP contribution in [-0.4, -0.2) is 23.9 Å². The average Bonchev–Trinajstić information content (AvgIpc) is 2.82. The Kier molecular flexibility index (Phi) is 5.49. The number of hydrogen-bond donors (Lipinski definition) is 1. The Labute approximate surface area is 101 Å². The molecule has 0 fully saturated rings. The van der Waals surface area contributed by atoms with E-state index in [0.717, 1.165) is 30.8 Å². The highest BCUT2D eigenvalue weighted by Gasteiger charge is 2.21. The highest BCUT2D eigenvalue weighted by atomic mass is 32.1. The van der Waals surface area contributed by atoms with Crippen molar-refractivity contribution < 1.29 is 4.79 Å². The van der Waals surface area contributed by atoms with Gasteiger partial charge >= 0.3 is 0 Å². The Morgan fingerprint density at radius 2 is 2.31 bits per heavy atom. The molecule has 1 aromatic heterocycles. The molecule has 0 aliphatic rings. The molecule has 3 nitrogen and oxygen atoms in total. The molecule has 0 spiro atoms. The van der Waals surface area contributed by atoms with Crippen LogP contribution in [0.25, 0.3) is 0 Å². The predicted octanol–water partition coefficient (Wildman–Crippen LogP) is 2.40. The second-order valence-electron chi connectivity index (χ2n) is 3.76. The maximum Gasteiger partial charge on any atom is 0.244 e. The van der Waals surface area contributed by atoms with E-state index in [0.29, 0.717) is 0 Å². The van der Waals surface area contributed by atoms with Crippen molar-refractivity contribution in [2.75, 3.05) is 13.1 Å². The van der Waals surface area contributed by atoms with Crippen LogP contribution in [0.1, 0.15) is 37.6 Å². The predicted molar refractivity (Wildman–Crippen MR) is 68.4 cm³/mol. The van der Waals surface area contributed by atoms with E-state index in [1.54, 1.807) is 0 Å². The molecule has 0 saturated carbocycles. The minimum Gasteiger partial charge on any atom is -0.341 e. The van der Waals surface area contributed by atoms with Crippen molar-refractivity contribution in [3.63, 3.8) is 0 Å². The third kappa shape index (κ3) is 3.32. The van der Waals surface area contributed by atoms with Gasteiger partial charge in [0, 0.05) is 18.0 Å². The number of rotatable bonds is 6. The van der Waals surface area contributed by atoms with E-state index in [2.05, 4.69) is 6.92 Å². The summed E-state index contributed by atoms with van der Waals surface area (Å²) in [7, 11) is 0. The van der Waals surface area contributed by atoms with Gasteiger partial charge in [0.1, 0.15) is 6.04 Å². The summed E-state index contributed by atoms with van der Waals surface area (Å²) in [5.41, 5.74) is 5.95. The third-order valence-electron chi connectivity index (χ3n) is 2.59.